The smallest absolute Gasteiger partial charge is 0.284 e. The van der Waals surface area contributed by atoms with Crippen LogP contribution in [0.25, 0.3) is 0 Å². The normalized spacial score (nSPS) is 14.1. The van der Waals surface area contributed by atoms with Crippen LogP contribution in [0.2, 0.25) is 0 Å². The lowest BCUT2D eigenvalue weighted by atomic mass is 10.4. The summed E-state index contributed by atoms with van der Waals surface area (Å²) in [4.78, 5) is 0. The van der Waals surface area contributed by atoms with Gasteiger partial charge in [0.15, 0.2) is 0 Å². The summed E-state index contributed by atoms with van der Waals surface area (Å²) in [5, 5.41) is 7.01. The lowest BCUT2D eigenvalue weighted by Crippen LogP contribution is -2.44. The highest BCUT2D eigenvalue weighted by molar-refractivity contribution is 6.68. The Kier molecular flexibility index (Phi) is 4.43. The van der Waals surface area contributed by atoms with E-state index in [1.54, 1.807) is 0 Å². The Hall–Kier alpha value is -0.249. The first kappa shape index (κ1) is 9.84. The molecule has 1 rings (SSSR count). The van der Waals surface area contributed by atoms with Gasteiger partial charge in [-0.25, -0.2) is 0 Å². The van der Waals surface area contributed by atoms with Crippen molar-refractivity contribution in [3.8, 4) is 0 Å². The van der Waals surface area contributed by atoms with Gasteiger partial charge in [0.2, 0.25) is 0 Å². The van der Waals surface area contributed by atoms with E-state index >= 15 is 0 Å². The zero-order valence-electron chi connectivity index (χ0n) is 7.07. The number of rotatable bonds is 4. The fourth-order valence-electron chi connectivity index (χ4n) is 0.880. The minimum atomic E-state index is -1.62. The highest BCUT2D eigenvalue weighted by Crippen LogP contribution is 1.84. The quantitative estimate of drug-likeness (QED) is 0.560. The van der Waals surface area contributed by atoms with E-state index in [1.165, 1.54) is 0 Å². The van der Waals surface area contributed by atoms with Gasteiger partial charge in [-0.1, -0.05) is 30.3 Å². The van der Waals surface area contributed by atoms with Crippen LogP contribution in [-0.4, -0.2) is 29.7 Å². The SMILES string of the molecule is N[SiH](O[SiH2]O[SiH3])c1ccccc1. The van der Waals surface area contributed by atoms with Gasteiger partial charge in [-0.2, -0.15) is 0 Å². The van der Waals surface area contributed by atoms with Crippen molar-refractivity contribution in [2.45, 2.75) is 0 Å². The molecule has 1 atom stereocenters. The average Bonchev–Trinajstić information content (AvgIpc) is 2.15. The van der Waals surface area contributed by atoms with Gasteiger partial charge in [0.1, 0.15) is 10.5 Å². The van der Waals surface area contributed by atoms with Gasteiger partial charge in [0, 0.05) is 0 Å². The summed E-state index contributed by atoms with van der Waals surface area (Å²) >= 11 is 0. The standard InChI is InChI=1S/C6H13NO2Si3/c7-12(9-11-8-10)6-4-2-1-3-5-6/h1-5,12H,7,11H2,10H3. The first-order valence-corrected chi connectivity index (χ1v) is 7.44. The zero-order chi connectivity index (χ0) is 8.81. The van der Waals surface area contributed by atoms with Crippen molar-refractivity contribution in [1.29, 1.82) is 0 Å². The Labute approximate surface area is 79.3 Å². The van der Waals surface area contributed by atoms with Crippen LogP contribution in [0.5, 0.6) is 0 Å². The van der Waals surface area contributed by atoms with E-state index < -0.39 is 19.2 Å². The van der Waals surface area contributed by atoms with Crippen molar-refractivity contribution in [1.82, 2.24) is 0 Å². The number of nitrogens with two attached hydrogens (primary N) is 1. The lowest BCUT2D eigenvalue weighted by Gasteiger charge is -2.09. The van der Waals surface area contributed by atoms with Gasteiger partial charge in [0.25, 0.3) is 19.2 Å². The largest absolute Gasteiger partial charge is 0.449 e. The van der Waals surface area contributed by atoms with Crippen LogP contribution in [0.4, 0.5) is 0 Å². The van der Waals surface area contributed by atoms with Gasteiger partial charge < -0.3 is 13.6 Å². The summed E-state index contributed by atoms with van der Waals surface area (Å²) in [6.45, 7) is 0. The summed E-state index contributed by atoms with van der Waals surface area (Å²) in [7, 11) is -1.63. The van der Waals surface area contributed by atoms with E-state index in [4.69, 9.17) is 13.6 Å². The minimum Gasteiger partial charge on any atom is -0.449 e. The predicted molar refractivity (Wildman–Crippen MR) is 58.1 cm³/mol. The zero-order valence-corrected chi connectivity index (χ0v) is 11.6. The second-order valence-corrected chi connectivity index (χ2v) is 7.79. The fourth-order valence-corrected chi connectivity index (χ4v) is 4.61. The summed E-state index contributed by atoms with van der Waals surface area (Å²) in [5.74, 6) is 0. The molecule has 12 heavy (non-hydrogen) atoms. The first-order chi connectivity index (χ1) is 5.84. The van der Waals surface area contributed by atoms with Crippen LogP contribution in [0, 0.1) is 0 Å². The van der Waals surface area contributed by atoms with Gasteiger partial charge in [-0.15, -0.1) is 0 Å². The number of hydrogen-bond donors (Lipinski definition) is 1. The molecule has 0 amide bonds. The highest BCUT2D eigenvalue weighted by Gasteiger charge is 2.06. The molecule has 0 aliphatic rings. The maximum absolute atomic E-state index is 5.87. The van der Waals surface area contributed by atoms with Crippen LogP contribution in [0.3, 0.4) is 0 Å². The lowest BCUT2D eigenvalue weighted by molar-refractivity contribution is 0.495. The molecule has 0 aliphatic heterocycles. The molecule has 0 saturated heterocycles. The van der Waals surface area contributed by atoms with E-state index in [9.17, 15) is 0 Å². The molecule has 0 bridgehead atoms. The Morgan fingerprint density at radius 1 is 1.33 bits per heavy atom. The van der Waals surface area contributed by atoms with Crippen molar-refractivity contribution >= 4 is 34.9 Å². The first-order valence-electron chi connectivity index (χ1n) is 3.75. The minimum absolute atomic E-state index is 0.760. The van der Waals surface area contributed by atoms with Crippen molar-refractivity contribution < 1.29 is 8.23 Å². The molecule has 0 heterocycles. The van der Waals surface area contributed by atoms with Crippen molar-refractivity contribution in [2.75, 3.05) is 0 Å². The van der Waals surface area contributed by atoms with Crippen LogP contribution in [0.15, 0.2) is 30.3 Å². The third kappa shape index (κ3) is 3.01. The molecule has 0 radical (unpaired) electrons. The molecule has 1 aromatic carbocycles. The van der Waals surface area contributed by atoms with E-state index in [0.717, 1.165) is 15.7 Å². The van der Waals surface area contributed by atoms with Crippen molar-refractivity contribution in [3.05, 3.63) is 30.3 Å². The fraction of sp³-hybridized carbons (Fsp3) is 0. The van der Waals surface area contributed by atoms with Crippen LogP contribution in [0.1, 0.15) is 0 Å². The molecule has 3 nitrogen and oxygen atoms in total. The molecule has 0 aromatic heterocycles. The van der Waals surface area contributed by atoms with Crippen LogP contribution >= 0.6 is 0 Å². The summed E-state index contributed by atoms with van der Waals surface area (Å²) in [6.07, 6.45) is 0. The topological polar surface area (TPSA) is 44.5 Å². The third-order valence-electron chi connectivity index (χ3n) is 1.49. The Morgan fingerprint density at radius 3 is 2.58 bits per heavy atom. The monoisotopic (exact) mass is 215 g/mol. The van der Waals surface area contributed by atoms with Crippen molar-refractivity contribution in [2.24, 2.45) is 5.40 Å². The molecule has 0 saturated carbocycles. The van der Waals surface area contributed by atoms with E-state index in [1.807, 2.05) is 30.3 Å². The molecule has 2 N–H and O–H groups in total. The Morgan fingerprint density at radius 2 is 2.00 bits per heavy atom. The van der Waals surface area contributed by atoms with Crippen LogP contribution in [-0.2, 0) is 8.23 Å². The second-order valence-electron chi connectivity index (χ2n) is 2.40. The summed E-state index contributed by atoms with van der Waals surface area (Å²) < 4.78 is 10.5. The van der Waals surface area contributed by atoms with Gasteiger partial charge in [0.05, 0.1) is 0 Å². The van der Waals surface area contributed by atoms with Gasteiger partial charge in [-0.05, 0) is 5.19 Å². The molecule has 6 heteroatoms. The molecule has 0 fully saturated rings. The van der Waals surface area contributed by atoms with Crippen molar-refractivity contribution in [3.63, 3.8) is 0 Å². The molecule has 1 unspecified atom stereocenters. The second kappa shape index (κ2) is 5.41. The summed E-state index contributed by atoms with van der Waals surface area (Å²) in [6, 6.07) is 9.96. The molecule has 1 aromatic rings. The Bertz CT molecular complexity index is 221. The van der Waals surface area contributed by atoms with E-state index in [2.05, 4.69) is 0 Å². The number of hydrogen-bond acceptors (Lipinski definition) is 3. The van der Waals surface area contributed by atoms with Gasteiger partial charge >= 0.3 is 0 Å². The number of benzene rings is 1. The molecule has 0 aliphatic carbocycles. The predicted octanol–water partition coefficient (Wildman–Crippen LogP) is -2.61. The highest BCUT2D eigenvalue weighted by atomic mass is 28.4. The van der Waals surface area contributed by atoms with Crippen LogP contribution < -0.4 is 10.6 Å². The van der Waals surface area contributed by atoms with E-state index in [0.29, 0.717) is 0 Å². The Balaban J connectivity index is 2.48. The van der Waals surface area contributed by atoms with E-state index in [-0.39, 0.29) is 0 Å². The maximum atomic E-state index is 5.87. The summed E-state index contributed by atoms with van der Waals surface area (Å²) in [5.41, 5.74) is 0. The van der Waals surface area contributed by atoms with Gasteiger partial charge in [-0.3, -0.25) is 0 Å². The molecular weight excluding hydrogens is 202 g/mol. The molecule has 66 valence electrons. The molecular formula is C6H13NO2Si3. The molecule has 0 spiro atoms. The average molecular weight is 215 g/mol. The maximum Gasteiger partial charge on any atom is 0.284 e. The third-order valence-corrected chi connectivity index (χ3v) is 5.46.